The van der Waals surface area contributed by atoms with Gasteiger partial charge in [-0.15, -0.1) is 0 Å². The van der Waals surface area contributed by atoms with Gasteiger partial charge in [-0.25, -0.2) is 4.98 Å². The highest BCUT2D eigenvalue weighted by molar-refractivity contribution is 5.92. The number of amides is 1. The van der Waals surface area contributed by atoms with Crippen LogP contribution in [0.5, 0.6) is 0 Å². The summed E-state index contributed by atoms with van der Waals surface area (Å²) in [6, 6.07) is 11.9. The summed E-state index contributed by atoms with van der Waals surface area (Å²) in [5.41, 5.74) is 1.81. The summed E-state index contributed by atoms with van der Waals surface area (Å²) in [6.45, 7) is 4.50. The average molecular weight is 377 g/mol. The second-order valence-electron chi connectivity index (χ2n) is 7.69. The largest absolute Gasteiger partial charge is 0.451 e. The molecule has 3 saturated heterocycles. The van der Waals surface area contributed by atoms with E-state index in [1.807, 2.05) is 30.3 Å². The molecule has 1 aromatic carbocycles. The third-order valence-electron chi connectivity index (χ3n) is 6.15. The van der Waals surface area contributed by atoms with Gasteiger partial charge in [0, 0.05) is 23.2 Å². The predicted molar refractivity (Wildman–Crippen MR) is 105 cm³/mol. The van der Waals surface area contributed by atoms with Crippen LogP contribution in [-0.2, 0) is 0 Å². The Morgan fingerprint density at radius 1 is 1.11 bits per heavy atom. The molecule has 3 fully saturated rings. The smallest absolute Gasteiger partial charge is 0.287 e. The van der Waals surface area contributed by atoms with Crippen LogP contribution in [0.15, 0.2) is 57.7 Å². The van der Waals surface area contributed by atoms with E-state index in [4.69, 9.17) is 8.83 Å². The van der Waals surface area contributed by atoms with Gasteiger partial charge in [-0.1, -0.05) is 12.1 Å². The fourth-order valence-corrected chi connectivity index (χ4v) is 4.53. The number of aromatic nitrogens is 1. The molecule has 28 heavy (non-hydrogen) atoms. The molecule has 0 unspecified atom stereocenters. The Bertz CT molecular complexity index is 951. The van der Waals surface area contributed by atoms with Crippen LogP contribution in [0.25, 0.3) is 22.8 Å². The van der Waals surface area contributed by atoms with Crippen LogP contribution in [-0.4, -0.2) is 41.0 Å². The number of carbonyl (C=O) groups is 1. The Labute approximate surface area is 163 Å². The summed E-state index contributed by atoms with van der Waals surface area (Å²) in [5, 5.41) is 3.21. The standard InChI is InChI=1S/C22H23N3O3/c1-14-20(16-8-11-25(14)12-9-16)24-21(26)19-7-6-18(28-19)15-2-4-17(5-3-15)22-23-10-13-27-22/h2-7,10,13-14,16,20H,8-9,11-12H2,1H3,(H,24,26)/t14-,20-/m0/s1. The Kier molecular flexibility index (Phi) is 4.28. The molecular weight excluding hydrogens is 354 g/mol. The first-order chi connectivity index (χ1) is 13.7. The van der Waals surface area contributed by atoms with Crippen molar-refractivity contribution in [3.05, 3.63) is 54.6 Å². The van der Waals surface area contributed by atoms with Crippen LogP contribution >= 0.6 is 0 Å². The van der Waals surface area contributed by atoms with Crippen molar-refractivity contribution in [2.45, 2.75) is 31.8 Å². The van der Waals surface area contributed by atoms with Gasteiger partial charge in [0.05, 0.1) is 6.20 Å². The van der Waals surface area contributed by atoms with E-state index in [1.165, 1.54) is 0 Å². The van der Waals surface area contributed by atoms with E-state index in [-0.39, 0.29) is 11.9 Å². The van der Waals surface area contributed by atoms with Crippen LogP contribution in [0.1, 0.15) is 30.3 Å². The average Bonchev–Trinajstić information content (AvgIpc) is 3.43. The number of rotatable bonds is 4. The van der Waals surface area contributed by atoms with E-state index in [2.05, 4.69) is 22.1 Å². The van der Waals surface area contributed by atoms with Crippen LogP contribution in [0.3, 0.4) is 0 Å². The van der Waals surface area contributed by atoms with Crippen LogP contribution in [0.4, 0.5) is 0 Å². The summed E-state index contributed by atoms with van der Waals surface area (Å²) in [5.74, 6) is 2.05. The summed E-state index contributed by atoms with van der Waals surface area (Å²) < 4.78 is 11.2. The number of benzene rings is 1. The Balaban J connectivity index is 1.30. The first kappa shape index (κ1) is 17.3. The number of furan rings is 1. The number of piperidine rings is 3. The SMILES string of the molecule is C[C@H]1[C@H](NC(=O)c2ccc(-c3ccc(-c4ncco4)cc3)o2)C2CCN1CC2. The normalized spacial score (nSPS) is 26.3. The first-order valence-corrected chi connectivity index (χ1v) is 9.84. The fraction of sp³-hybridized carbons (Fsp3) is 0.364. The predicted octanol–water partition coefficient (Wildman–Crippen LogP) is 3.81. The van der Waals surface area contributed by atoms with Gasteiger partial charge in [0.2, 0.25) is 5.89 Å². The maximum absolute atomic E-state index is 12.7. The number of oxazole rings is 1. The minimum Gasteiger partial charge on any atom is -0.451 e. The number of nitrogens with one attached hydrogen (secondary N) is 1. The summed E-state index contributed by atoms with van der Waals surface area (Å²) in [4.78, 5) is 19.4. The molecule has 0 radical (unpaired) electrons. The lowest BCUT2D eigenvalue weighted by atomic mass is 9.79. The lowest BCUT2D eigenvalue weighted by Gasteiger charge is -2.49. The highest BCUT2D eigenvalue weighted by atomic mass is 16.4. The van der Waals surface area contributed by atoms with E-state index in [0.717, 1.165) is 37.1 Å². The molecule has 1 amide bonds. The molecule has 3 aliphatic rings. The van der Waals surface area contributed by atoms with Crippen LogP contribution in [0.2, 0.25) is 0 Å². The number of fused-ring (bicyclic) bond motifs is 3. The van der Waals surface area contributed by atoms with Crippen molar-refractivity contribution >= 4 is 5.91 Å². The van der Waals surface area contributed by atoms with Gasteiger partial charge in [0.1, 0.15) is 12.0 Å². The Hall–Kier alpha value is -2.86. The van der Waals surface area contributed by atoms with Crippen molar-refractivity contribution in [3.8, 4) is 22.8 Å². The maximum atomic E-state index is 12.7. The molecule has 6 rings (SSSR count). The second-order valence-corrected chi connectivity index (χ2v) is 7.69. The maximum Gasteiger partial charge on any atom is 0.287 e. The molecule has 2 bridgehead atoms. The van der Waals surface area contributed by atoms with Crippen LogP contribution < -0.4 is 5.32 Å². The van der Waals surface area contributed by atoms with Gasteiger partial charge < -0.3 is 14.2 Å². The summed E-state index contributed by atoms with van der Waals surface area (Å²) in [6.07, 6.45) is 5.50. The molecule has 2 atom stereocenters. The molecular formula is C22H23N3O3. The van der Waals surface area contributed by atoms with Crippen molar-refractivity contribution in [2.24, 2.45) is 5.92 Å². The highest BCUT2D eigenvalue weighted by Gasteiger charge is 2.40. The molecule has 5 heterocycles. The third kappa shape index (κ3) is 3.03. The molecule has 0 aliphatic carbocycles. The quantitative estimate of drug-likeness (QED) is 0.748. The zero-order valence-corrected chi connectivity index (χ0v) is 15.8. The van der Waals surface area contributed by atoms with Gasteiger partial charge >= 0.3 is 0 Å². The molecule has 3 aromatic rings. The Morgan fingerprint density at radius 3 is 2.54 bits per heavy atom. The molecule has 0 saturated carbocycles. The minimum atomic E-state index is -0.131. The zero-order valence-electron chi connectivity index (χ0n) is 15.8. The van der Waals surface area contributed by atoms with Gasteiger partial charge in [-0.2, -0.15) is 0 Å². The van der Waals surface area contributed by atoms with E-state index in [1.54, 1.807) is 18.5 Å². The number of hydrogen-bond acceptors (Lipinski definition) is 5. The third-order valence-corrected chi connectivity index (χ3v) is 6.15. The molecule has 6 heteroatoms. The van der Waals surface area contributed by atoms with Crippen molar-refractivity contribution in [3.63, 3.8) is 0 Å². The lowest BCUT2D eigenvalue weighted by Crippen LogP contribution is -2.62. The zero-order chi connectivity index (χ0) is 19.1. The van der Waals surface area contributed by atoms with Gasteiger partial charge in [0.25, 0.3) is 5.91 Å². The lowest BCUT2D eigenvalue weighted by molar-refractivity contribution is 0.0211. The number of carbonyl (C=O) groups excluding carboxylic acids is 1. The van der Waals surface area contributed by atoms with E-state index in [9.17, 15) is 4.79 Å². The van der Waals surface area contributed by atoms with Gasteiger partial charge in [-0.05, 0) is 63.0 Å². The highest BCUT2D eigenvalue weighted by Crippen LogP contribution is 2.32. The second kappa shape index (κ2) is 6.95. The van der Waals surface area contributed by atoms with E-state index >= 15 is 0 Å². The monoisotopic (exact) mass is 377 g/mol. The molecule has 0 spiro atoms. The topological polar surface area (TPSA) is 71.5 Å². The van der Waals surface area contributed by atoms with Crippen molar-refractivity contribution < 1.29 is 13.6 Å². The summed E-state index contributed by atoms with van der Waals surface area (Å²) in [7, 11) is 0. The summed E-state index contributed by atoms with van der Waals surface area (Å²) >= 11 is 0. The van der Waals surface area contributed by atoms with E-state index < -0.39 is 0 Å². The first-order valence-electron chi connectivity index (χ1n) is 9.84. The minimum absolute atomic E-state index is 0.131. The van der Waals surface area contributed by atoms with Gasteiger partial charge in [-0.3, -0.25) is 9.69 Å². The molecule has 6 nitrogen and oxygen atoms in total. The number of nitrogens with zero attached hydrogens (tertiary/aromatic N) is 2. The molecule has 144 valence electrons. The van der Waals surface area contributed by atoms with Crippen molar-refractivity contribution in [2.75, 3.05) is 13.1 Å². The number of hydrogen-bond donors (Lipinski definition) is 1. The molecule has 2 aromatic heterocycles. The Morgan fingerprint density at radius 2 is 1.86 bits per heavy atom. The van der Waals surface area contributed by atoms with Crippen molar-refractivity contribution in [1.82, 2.24) is 15.2 Å². The molecule has 1 N–H and O–H groups in total. The van der Waals surface area contributed by atoms with Crippen LogP contribution in [0, 0.1) is 5.92 Å². The fourth-order valence-electron chi connectivity index (χ4n) is 4.53. The molecule has 3 aliphatic heterocycles. The van der Waals surface area contributed by atoms with Gasteiger partial charge in [0.15, 0.2) is 5.76 Å². The van der Waals surface area contributed by atoms with E-state index in [0.29, 0.717) is 29.4 Å². The van der Waals surface area contributed by atoms with Crippen molar-refractivity contribution in [1.29, 1.82) is 0 Å².